The second-order valence-electron chi connectivity index (χ2n) is 7.32. The minimum Gasteiger partial charge on any atom is -0.395 e. The second kappa shape index (κ2) is 8.41. The minimum atomic E-state index is -0.701. The molecule has 0 radical (unpaired) electrons. The van der Waals surface area contributed by atoms with Gasteiger partial charge in [-0.15, -0.1) is 0 Å². The zero-order valence-electron chi connectivity index (χ0n) is 15.1. The lowest BCUT2D eigenvalue weighted by Crippen LogP contribution is -2.32. The Balaban J connectivity index is 0.000000152. The average Bonchev–Trinajstić information content (AvgIpc) is 2.93. The van der Waals surface area contributed by atoms with E-state index in [4.69, 9.17) is 5.11 Å². The topological polar surface area (TPSA) is 54.4 Å². The molecule has 0 heterocycles. The van der Waals surface area contributed by atoms with Gasteiger partial charge in [-0.1, -0.05) is 79.9 Å². The monoisotopic (exact) mass is 350 g/mol. The Morgan fingerprint density at radius 3 is 1.73 bits per heavy atom. The minimum absolute atomic E-state index is 0.0182. The summed E-state index contributed by atoms with van der Waals surface area (Å²) in [6.07, 6.45) is 5.38. The highest BCUT2D eigenvalue weighted by atomic mass is 16.3. The summed E-state index contributed by atoms with van der Waals surface area (Å²) in [6, 6.07) is 20.8. The summed E-state index contributed by atoms with van der Waals surface area (Å²) in [5.41, 5.74) is 2.18. The molecule has 2 saturated carbocycles. The first-order chi connectivity index (χ1) is 12.7. The van der Waals surface area contributed by atoms with Crippen LogP contribution in [0.15, 0.2) is 60.7 Å². The molecule has 2 aliphatic carbocycles. The quantitative estimate of drug-likeness (QED) is 0.815. The molecule has 0 bridgehead atoms. The highest BCUT2D eigenvalue weighted by Crippen LogP contribution is 2.46. The van der Waals surface area contributed by atoms with E-state index in [0.717, 1.165) is 25.7 Å². The molecule has 4 rings (SSSR count). The van der Waals surface area contributed by atoms with Crippen LogP contribution >= 0.6 is 0 Å². The summed E-state index contributed by atoms with van der Waals surface area (Å²) >= 11 is 0. The van der Waals surface area contributed by atoms with Crippen molar-refractivity contribution < 1.29 is 14.7 Å². The van der Waals surface area contributed by atoms with Crippen molar-refractivity contribution >= 4 is 11.6 Å². The van der Waals surface area contributed by atoms with Gasteiger partial charge in [-0.25, -0.2) is 0 Å². The van der Waals surface area contributed by atoms with Crippen LogP contribution in [0.2, 0.25) is 0 Å². The summed E-state index contributed by atoms with van der Waals surface area (Å²) in [6.45, 7) is -0.292. The van der Waals surface area contributed by atoms with Gasteiger partial charge in [-0.3, -0.25) is 9.59 Å². The van der Waals surface area contributed by atoms with Crippen molar-refractivity contribution in [1.82, 2.24) is 0 Å². The van der Waals surface area contributed by atoms with Crippen molar-refractivity contribution in [2.75, 3.05) is 6.61 Å². The number of carbonyl (C=O) groups is 2. The lowest BCUT2D eigenvalue weighted by Gasteiger charge is -2.30. The molecule has 2 fully saturated rings. The van der Waals surface area contributed by atoms with Crippen molar-refractivity contribution in [1.29, 1.82) is 0 Å². The second-order valence-corrected chi connectivity index (χ2v) is 7.32. The Morgan fingerprint density at radius 2 is 1.31 bits per heavy atom. The first-order valence-electron chi connectivity index (χ1n) is 9.45. The highest BCUT2D eigenvalue weighted by molar-refractivity contribution is 6.12. The Bertz CT molecular complexity index is 693. The molecule has 0 aliphatic heterocycles. The van der Waals surface area contributed by atoms with E-state index < -0.39 is 5.92 Å². The zero-order valence-corrected chi connectivity index (χ0v) is 15.1. The van der Waals surface area contributed by atoms with Gasteiger partial charge in [-0.05, 0) is 24.0 Å². The molecule has 136 valence electrons. The van der Waals surface area contributed by atoms with Gasteiger partial charge in [0.05, 0.1) is 12.5 Å². The van der Waals surface area contributed by atoms with Crippen molar-refractivity contribution in [2.45, 2.75) is 38.5 Å². The lowest BCUT2D eigenvalue weighted by molar-refractivity contribution is -0.132. The summed E-state index contributed by atoms with van der Waals surface area (Å²) < 4.78 is 0. The van der Waals surface area contributed by atoms with Gasteiger partial charge in [0, 0.05) is 11.8 Å². The standard InChI is InChI=1S/C12H10.C11H16O3/c1-3-7-11(8-4-1)12-9-5-2-6-10-12;12-7-8-9(13)6-11(10(8)14)4-2-1-3-5-11/h1-10H;8,12H,1-7H2. The highest BCUT2D eigenvalue weighted by Gasteiger charge is 2.52. The van der Waals surface area contributed by atoms with Gasteiger partial charge >= 0.3 is 0 Å². The lowest BCUT2D eigenvalue weighted by atomic mass is 9.71. The van der Waals surface area contributed by atoms with Crippen molar-refractivity contribution in [3.63, 3.8) is 0 Å². The van der Waals surface area contributed by atoms with Crippen LogP contribution in [0.3, 0.4) is 0 Å². The largest absolute Gasteiger partial charge is 0.395 e. The first-order valence-corrected chi connectivity index (χ1v) is 9.45. The van der Waals surface area contributed by atoms with Gasteiger partial charge in [-0.2, -0.15) is 0 Å². The van der Waals surface area contributed by atoms with Crippen molar-refractivity contribution in [2.24, 2.45) is 11.3 Å². The molecule has 1 unspecified atom stereocenters. The smallest absolute Gasteiger partial charge is 0.152 e. The molecule has 0 saturated heterocycles. The van der Waals surface area contributed by atoms with Crippen LogP contribution in [0.4, 0.5) is 0 Å². The fourth-order valence-electron chi connectivity index (χ4n) is 4.16. The number of ketones is 2. The molecule has 1 atom stereocenters. The van der Waals surface area contributed by atoms with E-state index in [2.05, 4.69) is 48.5 Å². The van der Waals surface area contributed by atoms with E-state index in [-0.39, 0.29) is 23.6 Å². The van der Waals surface area contributed by atoms with Gasteiger partial charge < -0.3 is 5.11 Å². The summed E-state index contributed by atoms with van der Waals surface area (Å²) in [5, 5.41) is 8.98. The zero-order chi connectivity index (χ0) is 18.4. The molecule has 26 heavy (non-hydrogen) atoms. The predicted molar refractivity (Wildman–Crippen MR) is 103 cm³/mol. The number of aliphatic hydroxyl groups excluding tert-OH is 1. The molecular weight excluding hydrogens is 324 g/mol. The van der Waals surface area contributed by atoms with Crippen LogP contribution in [-0.4, -0.2) is 23.3 Å². The third-order valence-corrected chi connectivity index (χ3v) is 5.61. The van der Waals surface area contributed by atoms with Gasteiger partial charge in [0.1, 0.15) is 5.78 Å². The Kier molecular flexibility index (Phi) is 6.00. The van der Waals surface area contributed by atoms with E-state index in [1.165, 1.54) is 17.5 Å². The maximum Gasteiger partial charge on any atom is 0.152 e. The van der Waals surface area contributed by atoms with Gasteiger partial charge in [0.15, 0.2) is 5.78 Å². The number of carbonyl (C=O) groups excluding carboxylic acids is 2. The number of hydrogen-bond donors (Lipinski definition) is 1. The molecule has 1 spiro atoms. The fourth-order valence-corrected chi connectivity index (χ4v) is 4.16. The van der Waals surface area contributed by atoms with E-state index >= 15 is 0 Å². The number of benzene rings is 2. The maximum absolute atomic E-state index is 11.9. The molecule has 2 aliphatic rings. The van der Waals surface area contributed by atoms with Crippen LogP contribution in [0, 0.1) is 11.3 Å². The molecule has 2 aromatic carbocycles. The van der Waals surface area contributed by atoms with E-state index in [9.17, 15) is 9.59 Å². The van der Waals surface area contributed by atoms with Crippen LogP contribution < -0.4 is 0 Å². The molecule has 0 amide bonds. The summed E-state index contributed by atoms with van der Waals surface area (Å²) in [4.78, 5) is 23.5. The van der Waals surface area contributed by atoms with Crippen LogP contribution in [0.5, 0.6) is 0 Å². The molecule has 1 N–H and O–H groups in total. The number of rotatable bonds is 2. The van der Waals surface area contributed by atoms with Crippen LogP contribution in [0.1, 0.15) is 38.5 Å². The summed E-state index contributed by atoms with van der Waals surface area (Å²) in [5.74, 6) is -0.725. The van der Waals surface area contributed by atoms with Crippen molar-refractivity contribution in [3.8, 4) is 11.1 Å². The normalized spacial score (nSPS) is 21.3. The third-order valence-electron chi connectivity index (χ3n) is 5.61. The van der Waals surface area contributed by atoms with Crippen LogP contribution in [0.25, 0.3) is 11.1 Å². The first kappa shape index (κ1) is 18.5. The van der Waals surface area contributed by atoms with E-state index in [1.807, 2.05) is 12.1 Å². The van der Waals surface area contributed by atoms with E-state index in [0.29, 0.717) is 6.42 Å². The number of aliphatic hydroxyl groups is 1. The Hall–Kier alpha value is -2.26. The van der Waals surface area contributed by atoms with Gasteiger partial charge in [0.2, 0.25) is 0 Å². The maximum atomic E-state index is 11.9. The van der Waals surface area contributed by atoms with Gasteiger partial charge in [0.25, 0.3) is 0 Å². The van der Waals surface area contributed by atoms with Crippen molar-refractivity contribution in [3.05, 3.63) is 60.7 Å². The number of Topliss-reactive ketones (excluding diaryl/α,β-unsaturated/α-hetero) is 2. The summed E-state index contributed by atoms with van der Waals surface area (Å²) in [7, 11) is 0. The average molecular weight is 350 g/mol. The third kappa shape index (κ3) is 3.94. The molecular formula is C23H26O3. The molecule has 3 heteroatoms. The van der Waals surface area contributed by atoms with E-state index in [1.54, 1.807) is 0 Å². The SMILES string of the molecule is O=C1CC2(CCCCC2)C(=O)C1CO.c1ccc(-c2ccccc2)cc1. The Labute approximate surface area is 155 Å². The predicted octanol–water partition coefficient (Wildman–Crippen LogP) is 4.44. The Morgan fingerprint density at radius 1 is 0.808 bits per heavy atom. The molecule has 3 nitrogen and oxygen atoms in total. The number of hydrogen-bond acceptors (Lipinski definition) is 3. The van der Waals surface area contributed by atoms with Crippen LogP contribution in [-0.2, 0) is 9.59 Å². The fraction of sp³-hybridized carbons (Fsp3) is 0.391. The molecule has 2 aromatic rings. The molecule has 0 aromatic heterocycles.